The average molecular weight is 426 g/mol. The van der Waals surface area contributed by atoms with Crippen molar-refractivity contribution in [1.29, 1.82) is 0 Å². The molecule has 3 rings (SSSR count). The Labute approximate surface area is 177 Å². The molecule has 2 aliphatic rings. The minimum Gasteiger partial charge on any atom is -0.345 e. The lowest BCUT2D eigenvalue weighted by molar-refractivity contribution is -0.138. The van der Waals surface area contributed by atoms with Crippen LogP contribution in [-0.4, -0.2) is 72.3 Å². The van der Waals surface area contributed by atoms with Gasteiger partial charge in [-0.3, -0.25) is 14.5 Å². The van der Waals surface area contributed by atoms with E-state index in [0.717, 1.165) is 32.5 Å². The summed E-state index contributed by atoms with van der Waals surface area (Å²) < 4.78 is 0. The van der Waals surface area contributed by atoms with Crippen molar-refractivity contribution in [2.24, 2.45) is 5.92 Å². The number of rotatable bonds is 5. The van der Waals surface area contributed by atoms with E-state index in [1.54, 1.807) is 18.2 Å². The second kappa shape index (κ2) is 9.47. The lowest BCUT2D eigenvalue weighted by atomic mass is 9.94. The third kappa shape index (κ3) is 4.64. The third-order valence-corrected chi connectivity index (χ3v) is 6.85. The fourth-order valence-corrected chi connectivity index (χ4v) is 4.62. The molecule has 1 aliphatic heterocycles. The van der Waals surface area contributed by atoms with Crippen LogP contribution in [0.2, 0.25) is 10.0 Å². The Morgan fingerprint density at radius 2 is 1.75 bits per heavy atom. The summed E-state index contributed by atoms with van der Waals surface area (Å²) in [5.74, 6) is 0.616. The Balaban J connectivity index is 1.67. The van der Waals surface area contributed by atoms with E-state index in [4.69, 9.17) is 23.2 Å². The van der Waals surface area contributed by atoms with Gasteiger partial charge in [0.1, 0.15) is 0 Å². The third-order valence-electron chi connectivity index (χ3n) is 6.11. The Morgan fingerprint density at radius 1 is 1.11 bits per heavy atom. The topological polar surface area (TPSA) is 43.9 Å². The molecule has 2 amide bonds. The molecule has 154 valence electrons. The van der Waals surface area contributed by atoms with E-state index in [0.29, 0.717) is 34.6 Å². The van der Waals surface area contributed by atoms with Crippen molar-refractivity contribution < 1.29 is 9.59 Å². The fourth-order valence-electron chi connectivity index (χ4n) is 4.33. The van der Waals surface area contributed by atoms with Crippen molar-refractivity contribution >= 4 is 35.0 Å². The number of likely N-dealkylation sites (N-methyl/N-ethyl adjacent to an activating group) is 1. The minimum atomic E-state index is -0.0605. The van der Waals surface area contributed by atoms with E-state index in [1.165, 1.54) is 12.8 Å². The molecule has 0 aromatic heterocycles. The standard InChI is InChI=1S/C21H29Cl2N3O2/c1-3-24(2)21(28)19(15-6-4-5-7-15)25-10-12-26(13-11-25)20(27)16-8-9-17(22)18(23)14-16/h8-9,14-15,19H,3-7,10-13H2,1-2H3/t19-/m1/s1. The first kappa shape index (κ1) is 21.4. The molecule has 1 saturated carbocycles. The van der Waals surface area contributed by atoms with Crippen molar-refractivity contribution in [2.45, 2.75) is 38.6 Å². The van der Waals surface area contributed by atoms with Gasteiger partial charge in [0.05, 0.1) is 16.1 Å². The van der Waals surface area contributed by atoms with Crippen molar-refractivity contribution in [1.82, 2.24) is 14.7 Å². The number of benzene rings is 1. The van der Waals surface area contributed by atoms with E-state index in [-0.39, 0.29) is 17.9 Å². The molecule has 1 saturated heterocycles. The highest BCUT2D eigenvalue weighted by Gasteiger charge is 2.38. The van der Waals surface area contributed by atoms with Crippen LogP contribution in [0.25, 0.3) is 0 Å². The van der Waals surface area contributed by atoms with Crippen LogP contribution in [0.4, 0.5) is 0 Å². The van der Waals surface area contributed by atoms with E-state index < -0.39 is 0 Å². The number of nitrogens with zero attached hydrogens (tertiary/aromatic N) is 3. The van der Waals surface area contributed by atoms with Crippen molar-refractivity contribution in [3.8, 4) is 0 Å². The summed E-state index contributed by atoms with van der Waals surface area (Å²) >= 11 is 12.0. The van der Waals surface area contributed by atoms with Crippen LogP contribution in [0.1, 0.15) is 43.0 Å². The smallest absolute Gasteiger partial charge is 0.253 e. The van der Waals surface area contributed by atoms with Crippen molar-refractivity contribution in [3.05, 3.63) is 33.8 Å². The summed E-state index contributed by atoms with van der Waals surface area (Å²) in [6.45, 7) is 5.40. The molecule has 1 aromatic rings. The highest BCUT2D eigenvalue weighted by atomic mass is 35.5. The lowest BCUT2D eigenvalue weighted by Gasteiger charge is -2.42. The second-order valence-corrected chi connectivity index (χ2v) is 8.61. The summed E-state index contributed by atoms with van der Waals surface area (Å²) in [4.78, 5) is 31.8. The van der Waals surface area contributed by atoms with Gasteiger partial charge in [0, 0.05) is 45.3 Å². The van der Waals surface area contributed by atoms with Gasteiger partial charge in [-0.25, -0.2) is 0 Å². The minimum absolute atomic E-state index is 0.0346. The highest BCUT2D eigenvalue weighted by molar-refractivity contribution is 6.42. The first-order chi connectivity index (χ1) is 13.4. The van der Waals surface area contributed by atoms with Gasteiger partial charge in [-0.2, -0.15) is 0 Å². The zero-order valence-corrected chi connectivity index (χ0v) is 18.2. The zero-order valence-electron chi connectivity index (χ0n) is 16.7. The number of amides is 2. The molecule has 1 atom stereocenters. The van der Waals surface area contributed by atoms with Crippen LogP contribution >= 0.6 is 23.2 Å². The number of hydrogen-bond donors (Lipinski definition) is 0. The van der Waals surface area contributed by atoms with Crippen molar-refractivity contribution in [2.75, 3.05) is 39.8 Å². The predicted octanol–water partition coefficient (Wildman–Crippen LogP) is 3.79. The van der Waals surface area contributed by atoms with Crippen LogP contribution in [-0.2, 0) is 4.79 Å². The summed E-state index contributed by atoms with van der Waals surface area (Å²) in [5.41, 5.74) is 0.553. The Hall–Kier alpha value is -1.30. The lowest BCUT2D eigenvalue weighted by Crippen LogP contribution is -2.58. The van der Waals surface area contributed by atoms with E-state index in [2.05, 4.69) is 4.90 Å². The molecule has 0 spiro atoms. The first-order valence-corrected chi connectivity index (χ1v) is 10.9. The number of carbonyl (C=O) groups is 2. The maximum absolute atomic E-state index is 13.0. The molecule has 1 heterocycles. The fraction of sp³-hybridized carbons (Fsp3) is 0.619. The Morgan fingerprint density at radius 3 is 2.32 bits per heavy atom. The van der Waals surface area contributed by atoms with Crippen LogP contribution < -0.4 is 0 Å². The molecule has 1 aliphatic carbocycles. The summed E-state index contributed by atoms with van der Waals surface area (Å²) in [5, 5.41) is 0.835. The summed E-state index contributed by atoms with van der Waals surface area (Å²) in [6.07, 6.45) is 4.66. The first-order valence-electron chi connectivity index (χ1n) is 10.2. The van der Waals surface area contributed by atoms with Crippen LogP contribution in [0.3, 0.4) is 0 Å². The molecule has 0 bridgehead atoms. The molecule has 0 radical (unpaired) electrons. The quantitative estimate of drug-likeness (QED) is 0.720. The molecule has 1 aromatic carbocycles. The number of piperazine rings is 1. The van der Waals surface area contributed by atoms with Gasteiger partial charge in [-0.15, -0.1) is 0 Å². The summed E-state index contributed by atoms with van der Waals surface area (Å²) in [6, 6.07) is 4.93. The summed E-state index contributed by atoms with van der Waals surface area (Å²) in [7, 11) is 1.88. The maximum Gasteiger partial charge on any atom is 0.253 e. The number of halogens is 2. The van der Waals surface area contributed by atoms with Crippen LogP contribution in [0.15, 0.2) is 18.2 Å². The molecule has 0 N–H and O–H groups in total. The molecular formula is C21H29Cl2N3O2. The van der Waals surface area contributed by atoms with Gasteiger partial charge in [0.2, 0.25) is 5.91 Å². The van der Waals surface area contributed by atoms with E-state index in [9.17, 15) is 9.59 Å². The molecule has 0 unspecified atom stereocenters. The molecule has 5 nitrogen and oxygen atoms in total. The average Bonchev–Trinajstić information content (AvgIpc) is 3.23. The van der Waals surface area contributed by atoms with E-state index in [1.807, 2.05) is 23.8 Å². The zero-order chi connectivity index (χ0) is 20.3. The SMILES string of the molecule is CCN(C)C(=O)[C@@H](C1CCCC1)N1CCN(C(=O)c2ccc(Cl)c(Cl)c2)CC1. The Kier molecular flexibility index (Phi) is 7.24. The largest absolute Gasteiger partial charge is 0.345 e. The second-order valence-electron chi connectivity index (χ2n) is 7.80. The molecule has 7 heteroatoms. The van der Waals surface area contributed by atoms with Gasteiger partial charge in [0.15, 0.2) is 0 Å². The van der Waals surface area contributed by atoms with Gasteiger partial charge < -0.3 is 9.80 Å². The van der Waals surface area contributed by atoms with Gasteiger partial charge >= 0.3 is 0 Å². The number of hydrogen-bond acceptors (Lipinski definition) is 3. The van der Waals surface area contributed by atoms with Gasteiger partial charge in [-0.1, -0.05) is 36.0 Å². The van der Waals surface area contributed by atoms with Crippen LogP contribution in [0.5, 0.6) is 0 Å². The molecule has 2 fully saturated rings. The highest BCUT2D eigenvalue weighted by Crippen LogP contribution is 2.32. The molecule has 28 heavy (non-hydrogen) atoms. The molecular weight excluding hydrogens is 397 g/mol. The predicted molar refractivity (Wildman–Crippen MR) is 113 cm³/mol. The normalized spacial score (nSPS) is 19.6. The van der Waals surface area contributed by atoms with Gasteiger partial charge in [-0.05, 0) is 43.9 Å². The Bertz CT molecular complexity index is 714. The van der Waals surface area contributed by atoms with Crippen molar-refractivity contribution in [3.63, 3.8) is 0 Å². The van der Waals surface area contributed by atoms with E-state index >= 15 is 0 Å². The maximum atomic E-state index is 13.0. The van der Waals surface area contributed by atoms with Crippen LogP contribution in [0, 0.1) is 5.92 Å². The van der Waals surface area contributed by atoms with Gasteiger partial charge in [0.25, 0.3) is 5.91 Å². The number of carbonyl (C=O) groups excluding carboxylic acids is 2. The monoisotopic (exact) mass is 425 g/mol.